The quantitative estimate of drug-likeness (QED) is 0.653. The highest BCUT2D eigenvalue weighted by Crippen LogP contribution is 2.25. The molecule has 0 fully saturated rings. The maximum atomic E-state index is 12.2. The maximum Gasteiger partial charge on any atom is 0.257 e. The van der Waals surface area contributed by atoms with Gasteiger partial charge in [0.05, 0.1) is 10.6 Å². The lowest BCUT2D eigenvalue weighted by Gasteiger charge is -2.12. The fraction of sp³-hybridized carbons (Fsp3) is 0.0667. The van der Waals surface area contributed by atoms with E-state index in [0.29, 0.717) is 15.7 Å². The van der Waals surface area contributed by atoms with Gasteiger partial charge in [0.25, 0.3) is 5.91 Å². The molecule has 0 heterocycles. The molecule has 0 spiro atoms. The van der Waals surface area contributed by atoms with Gasteiger partial charge in [-0.25, -0.2) is 13.6 Å². The highest BCUT2D eigenvalue weighted by Gasteiger charge is 2.13. The molecule has 0 saturated heterocycles. The highest BCUT2D eigenvalue weighted by atomic mass is 79.9. The van der Waals surface area contributed by atoms with Gasteiger partial charge in [0.2, 0.25) is 10.0 Å². The van der Waals surface area contributed by atoms with E-state index in [1.165, 1.54) is 18.2 Å². The van der Waals surface area contributed by atoms with E-state index in [0.717, 1.165) is 5.56 Å². The van der Waals surface area contributed by atoms with Crippen LogP contribution in [0.4, 0.5) is 5.69 Å². The molecular weight excluding hydrogens is 414 g/mol. The maximum absolute atomic E-state index is 12.2. The van der Waals surface area contributed by atoms with Gasteiger partial charge in [0, 0.05) is 10.0 Å². The molecule has 9 heteroatoms. The molecule has 6 nitrogen and oxygen atoms in total. The van der Waals surface area contributed by atoms with E-state index in [4.69, 9.17) is 17.4 Å². The van der Waals surface area contributed by atoms with Crippen molar-refractivity contribution >= 4 is 54.9 Å². The number of primary sulfonamides is 1. The Kier molecular flexibility index (Phi) is 5.70. The molecular formula is C15H14BrN3O3S2. The molecule has 0 aliphatic rings. The molecule has 0 bridgehead atoms. The standard InChI is InChI=1S/C15H14BrN3O3S2/c1-9-4-2-3-5-11(9)14(20)19-15(23)18-13-7-6-10(8-12(13)16)24(17,21)22/h2-8H,1H3,(H2,17,21,22)(H2,18,19,20,23). The lowest BCUT2D eigenvalue weighted by Crippen LogP contribution is -2.34. The molecule has 126 valence electrons. The summed E-state index contributed by atoms with van der Waals surface area (Å²) in [5.74, 6) is -0.331. The van der Waals surface area contributed by atoms with Crippen LogP contribution in [0, 0.1) is 6.92 Å². The predicted octanol–water partition coefficient (Wildman–Crippen LogP) is 2.53. The van der Waals surface area contributed by atoms with E-state index in [1.54, 1.807) is 12.1 Å². The smallest absolute Gasteiger partial charge is 0.257 e. The van der Waals surface area contributed by atoms with Crippen LogP contribution in [0.2, 0.25) is 0 Å². The number of sulfonamides is 1. The van der Waals surface area contributed by atoms with Crippen LogP contribution in [-0.2, 0) is 10.0 Å². The number of hydrogen-bond donors (Lipinski definition) is 3. The van der Waals surface area contributed by atoms with E-state index in [2.05, 4.69) is 26.6 Å². The summed E-state index contributed by atoms with van der Waals surface area (Å²) in [6.07, 6.45) is 0. The van der Waals surface area contributed by atoms with Crippen molar-refractivity contribution < 1.29 is 13.2 Å². The predicted molar refractivity (Wildman–Crippen MR) is 100 cm³/mol. The third-order valence-electron chi connectivity index (χ3n) is 3.13. The number of nitrogens with one attached hydrogen (secondary N) is 2. The minimum atomic E-state index is -3.79. The van der Waals surface area contributed by atoms with Crippen LogP contribution >= 0.6 is 28.1 Å². The lowest BCUT2D eigenvalue weighted by molar-refractivity contribution is 0.0977. The summed E-state index contributed by atoms with van der Waals surface area (Å²) >= 11 is 8.35. The summed E-state index contributed by atoms with van der Waals surface area (Å²) < 4.78 is 23.1. The topological polar surface area (TPSA) is 101 Å². The van der Waals surface area contributed by atoms with Gasteiger partial charge in [-0.15, -0.1) is 0 Å². The van der Waals surface area contributed by atoms with Crippen LogP contribution in [0.5, 0.6) is 0 Å². The first-order valence-corrected chi connectivity index (χ1v) is 9.43. The zero-order valence-electron chi connectivity index (χ0n) is 12.5. The number of amides is 1. The van der Waals surface area contributed by atoms with Gasteiger partial charge < -0.3 is 5.32 Å². The molecule has 4 N–H and O–H groups in total. The summed E-state index contributed by atoms with van der Waals surface area (Å²) in [5, 5.41) is 10.6. The van der Waals surface area contributed by atoms with E-state index < -0.39 is 10.0 Å². The van der Waals surface area contributed by atoms with Gasteiger partial charge >= 0.3 is 0 Å². The normalized spacial score (nSPS) is 11.0. The summed E-state index contributed by atoms with van der Waals surface area (Å²) in [6.45, 7) is 1.83. The van der Waals surface area contributed by atoms with Gasteiger partial charge in [-0.05, 0) is 64.9 Å². The molecule has 0 saturated carbocycles. The Morgan fingerprint density at radius 3 is 2.46 bits per heavy atom. The van der Waals surface area contributed by atoms with Crippen LogP contribution in [0.1, 0.15) is 15.9 Å². The second kappa shape index (κ2) is 7.39. The zero-order valence-corrected chi connectivity index (χ0v) is 15.8. The number of carbonyl (C=O) groups is 1. The fourth-order valence-electron chi connectivity index (χ4n) is 1.93. The number of aryl methyl sites for hydroxylation is 1. The number of thiocarbonyl (C=S) groups is 1. The number of carbonyl (C=O) groups excluding carboxylic acids is 1. The molecule has 0 aliphatic heterocycles. The SMILES string of the molecule is Cc1ccccc1C(=O)NC(=S)Nc1ccc(S(N)(=O)=O)cc1Br. The number of hydrogen-bond acceptors (Lipinski definition) is 4. The van der Waals surface area contributed by atoms with Gasteiger partial charge in [-0.3, -0.25) is 10.1 Å². The first-order chi connectivity index (χ1) is 11.2. The second-order valence-corrected chi connectivity index (χ2v) is 7.73. The summed E-state index contributed by atoms with van der Waals surface area (Å²) in [7, 11) is -3.79. The molecule has 1 amide bonds. The van der Waals surface area contributed by atoms with Crippen LogP contribution < -0.4 is 15.8 Å². The molecule has 2 rings (SSSR count). The van der Waals surface area contributed by atoms with Crippen molar-refractivity contribution in [3.8, 4) is 0 Å². The Balaban J connectivity index is 2.10. The average molecular weight is 428 g/mol. The zero-order chi connectivity index (χ0) is 17.9. The number of anilines is 1. The Hall–Kier alpha value is -1.81. The molecule has 0 aromatic heterocycles. The van der Waals surface area contributed by atoms with E-state index in [9.17, 15) is 13.2 Å². The van der Waals surface area contributed by atoms with Gasteiger partial charge in [-0.1, -0.05) is 18.2 Å². The number of halogens is 1. The first kappa shape index (κ1) is 18.5. The molecule has 2 aromatic rings. The first-order valence-electron chi connectivity index (χ1n) is 6.69. The number of nitrogens with two attached hydrogens (primary N) is 1. The van der Waals surface area contributed by atoms with Gasteiger partial charge in [0.15, 0.2) is 5.11 Å². The van der Waals surface area contributed by atoms with Crippen molar-refractivity contribution in [1.29, 1.82) is 0 Å². The number of benzene rings is 2. The summed E-state index contributed by atoms with van der Waals surface area (Å²) in [4.78, 5) is 12.2. The molecule has 0 radical (unpaired) electrons. The third kappa shape index (κ3) is 4.60. The minimum Gasteiger partial charge on any atom is -0.331 e. The monoisotopic (exact) mass is 427 g/mol. The van der Waals surface area contributed by atoms with Crippen molar-refractivity contribution in [3.05, 3.63) is 58.1 Å². The molecule has 24 heavy (non-hydrogen) atoms. The van der Waals surface area contributed by atoms with Gasteiger partial charge in [-0.2, -0.15) is 0 Å². The Labute approximate surface area is 153 Å². The van der Waals surface area contributed by atoms with Crippen LogP contribution in [-0.4, -0.2) is 19.4 Å². The summed E-state index contributed by atoms with van der Waals surface area (Å²) in [5.41, 5.74) is 1.85. The highest BCUT2D eigenvalue weighted by molar-refractivity contribution is 9.10. The van der Waals surface area contributed by atoms with Crippen molar-refractivity contribution in [1.82, 2.24) is 5.32 Å². The van der Waals surface area contributed by atoms with E-state index >= 15 is 0 Å². The molecule has 0 unspecified atom stereocenters. The average Bonchev–Trinajstić information content (AvgIpc) is 2.48. The van der Waals surface area contributed by atoms with Crippen molar-refractivity contribution in [2.45, 2.75) is 11.8 Å². The minimum absolute atomic E-state index is 0.0326. The van der Waals surface area contributed by atoms with Crippen molar-refractivity contribution in [2.75, 3.05) is 5.32 Å². The van der Waals surface area contributed by atoms with Gasteiger partial charge in [0.1, 0.15) is 0 Å². The number of rotatable bonds is 3. The second-order valence-electron chi connectivity index (χ2n) is 4.91. The largest absolute Gasteiger partial charge is 0.331 e. The van der Waals surface area contributed by atoms with E-state index in [-0.39, 0.29) is 15.9 Å². The lowest BCUT2D eigenvalue weighted by atomic mass is 10.1. The Morgan fingerprint density at radius 2 is 1.88 bits per heavy atom. The van der Waals surface area contributed by atoms with E-state index in [1.807, 2.05) is 19.1 Å². The van der Waals surface area contributed by atoms with Crippen LogP contribution in [0.15, 0.2) is 51.8 Å². The molecule has 0 atom stereocenters. The van der Waals surface area contributed by atoms with Crippen molar-refractivity contribution in [2.24, 2.45) is 5.14 Å². The fourth-order valence-corrected chi connectivity index (χ4v) is 3.30. The Bertz CT molecular complexity index is 914. The summed E-state index contributed by atoms with van der Waals surface area (Å²) in [6, 6.07) is 11.3. The van der Waals surface area contributed by atoms with Crippen LogP contribution in [0.3, 0.4) is 0 Å². The molecule has 2 aromatic carbocycles. The third-order valence-corrected chi connectivity index (χ3v) is 4.91. The molecule has 0 aliphatic carbocycles. The Morgan fingerprint density at radius 1 is 1.21 bits per heavy atom. The van der Waals surface area contributed by atoms with Crippen molar-refractivity contribution in [3.63, 3.8) is 0 Å². The van der Waals surface area contributed by atoms with Crippen LogP contribution in [0.25, 0.3) is 0 Å².